The van der Waals surface area contributed by atoms with Gasteiger partial charge in [-0.15, -0.1) is 0 Å². The molecule has 5 nitrogen and oxygen atoms in total. The van der Waals surface area contributed by atoms with Gasteiger partial charge in [0, 0.05) is 42.4 Å². The van der Waals surface area contributed by atoms with Gasteiger partial charge in [-0.05, 0) is 50.0 Å². The summed E-state index contributed by atoms with van der Waals surface area (Å²) in [6.07, 6.45) is 6.51. The minimum atomic E-state index is -0.458. The molecule has 1 aromatic heterocycles. The third kappa shape index (κ3) is 3.92. The summed E-state index contributed by atoms with van der Waals surface area (Å²) in [4.78, 5) is 17.6. The highest BCUT2D eigenvalue weighted by atomic mass is 19.1. The van der Waals surface area contributed by atoms with Crippen LogP contribution in [-0.2, 0) is 14.3 Å². The van der Waals surface area contributed by atoms with Crippen LogP contribution in [0.2, 0.25) is 0 Å². The first-order chi connectivity index (χ1) is 13.1. The smallest absolute Gasteiger partial charge is 0.251 e. The van der Waals surface area contributed by atoms with Crippen LogP contribution < -0.4 is 0 Å². The molecule has 1 fully saturated rings. The highest BCUT2D eigenvalue weighted by Crippen LogP contribution is 2.29. The minimum absolute atomic E-state index is 0.0179. The molecule has 2 aliphatic heterocycles. The van der Waals surface area contributed by atoms with Gasteiger partial charge in [0.15, 0.2) is 0 Å². The number of carbonyl (C=O) groups excluding carboxylic acids is 1. The number of rotatable bonds is 5. The number of H-pyrrole nitrogens is 1. The summed E-state index contributed by atoms with van der Waals surface area (Å²) in [6.45, 7) is 4.30. The highest BCUT2D eigenvalue weighted by molar-refractivity contribution is 5.93. The molecule has 0 bridgehead atoms. The molecule has 3 heterocycles. The van der Waals surface area contributed by atoms with Crippen molar-refractivity contribution in [2.75, 3.05) is 26.3 Å². The molecular formula is C21H25FN2O3. The number of carbonyl (C=O) groups is 1. The van der Waals surface area contributed by atoms with Gasteiger partial charge in [-0.25, -0.2) is 4.39 Å². The van der Waals surface area contributed by atoms with E-state index in [1.54, 1.807) is 6.07 Å². The first kappa shape index (κ1) is 18.2. The van der Waals surface area contributed by atoms with Crippen LogP contribution in [0.3, 0.4) is 0 Å². The van der Waals surface area contributed by atoms with Gasteiger partial charge in [-0.1, -0.05) is 6.08 Å². The molecule has 0 aliphatic carbocycles. The topological polar surface area (TPSA) is 54.6 Å². The van der Waals surface area contributed by atoms with Gasteiger partial charge < -0.3 is 19.4 Å². The zero-order valence-electron chi connectivity index (χ0n) is 15.5. The molecule has 2 aromatic rings. The normalized spacial score (nSPS) is 21.5. The highest BCUT2D eigenvalue weighted by Gasteiger charge is 2.25. The molecule has 1 N–H and O–H groups in total. The van der Waals surface area contributed by atoms with Gasteiger partial charge in [0.25, 0.3) is 5.91 Å². The maximum Gasteiger partial charge on any atom is 0.251 e. The lowest BCUT2D eigenvalue weighted by Crippen LogP contribution is -2.42. The Morgan fingerprint density at radius 2 is 2.37 bits per heavy atom. The average molecular weight is 372 g/mol. The number of halogens is 1. The SMILES string of the molecule is C[C@@H](OC[C@H]1CCCO1)C(=O)N1CC=C(c2c[nH]c3cc(F)ccc23)CC1. The summed E-state index contributed by atoms with van der Waals surface area (Å²) >= 11 is 0. The van der Waals surface area contributed by atoms with E-state index in [1.807, 2.05) is 18.0 Å². The lowest BCUT2D eigenvalue weighted by atomic mass is 9.98. The zero-order valence-corrected chi connectivity index (χ0v) is 15.5. The van der Waals surface area contributed by atoms with Crippen LogP contribution in [0, 0.1) is 5.82 Å². The molecular weight excluding hydrogens is 347 g/mol. The Morgan fingerprint density at radius 3 is 3.11 bits per heavy atom. The van der Waals surface area contributed by atoms with E-state index in [-0.39, 0.29) is 17.8 Å². The van der Waals surface area contributed by atoms with E-state index < -0.39 is 6.10 Å². The largest absolute Gasteiger partial charge is 0.376 e. The lowest BCUT2D eigenvalue weighted by molar-refractivity contribution is -0.144. The fourth-order valence-corrected chi connectivity index (χ4v) is 3.83. The van der Waals surface area contributed by atoms with E-state index in [4.69, 9.17) is 9.47 Å². The maximum atomic E-state index is 13.4. The van der Waals surface area contributed by atoms with Gasteiger partial charge in [0.2, 0.25) is 0 Å². The number of aromatic nitrogens is 1. The predicted molar refractivity (Wildman–Crippen MR) is 102 cm³/mol. The van der Waals surface area contributed by atoms with Crippen molar-refractivity contribution in [3.05, 3.63) is 41.9 Å². The molecule has 0 unspecified atom stereocenters. The molecule has 0 radical (unpaired) electrons. The molecule has 2 aliphatic rings. The number of ether oxygens (including phenoxy) is 2. The van der Waals surface area contributed by atoms with Crippen molar-refractivity contribution in [1.29, 1.82) is 0 Å². The number of hydrogen-bond donors (Lipinski definition) is 1. The van der Waals surface area contributed by atoms with Crippen molar-refractivity contribution in [3.63, 3.8) is 0 Å². The number of amides is 1. The number of benzene rings is 1. The minimum Gasteiger partial charge on any atom is -0.376 e. The number of aromatic amines is 1. The van der Waals surface area contributed by atoms with Crippen molar-refractivity contribution in [3.8, 4) is 0 Å². The molecule has 27 heavy (non-hydrogen) atoms. The van der Waals surface area contributed by atoms with Gasteiger partial charge >= 0.3 is 0 Å². The molecule has 1 saturated heterocycles. The summed E-state index contributed by atoms with van der Waals surface area (Å²) in [5.74, 6) is -0.230. The monoisotopic (exact) mass is 372 g/mol. The van der Waals surface area contributed by atoms with Crippen LogP contribution in [0.25, 0.3) is 16.5 Å². The van der Waals surface area contributed by atoms with Gasteiger partial charge in [-0.3, -0.25) is 4.79 Å². The summed E-state index contributed by atoms with van der Waals surface area (Å²) in [5.41, 5.74) is 3.06. The fourth-order valence-electron chi connectivity index (χ4n) is 3.83. The Kier molecular flexibility index (Phi) is 5.27. The summed E-state index contributed by atoms with van der Waals surface area (Å²) in [5, 5.41) is 1.01. The second-order valence-corrected chi connectivity index (χ2v) is 7.27. The Balaban J connectivity index is 1.37. The Hall–Kier alpha value is -2.18. The van der Waals surface area contributed by atoms with Crippen LogP contribution in [0.5, 0.6) is 0 Å². The first-order valence-corrected chi connectivity index (χ1v) is 9.60. The lowest BCUT2D eigenvalue weighted by Gasteiger charge is -2.29. The van der Waals surface area contributed by atoms with Crippen molar-refractivity contribution in [1.82, 2.24) is 9.88 Å². The number of fused-ring (bicyclic) bond motifs is 1. The van der Waals surface area contributed by atoms with E-state index in [0.29, 0.717) is 19.7 Å². The summed E-state index contributed by atoms with van der Waals surface area (Å²) in [6, 6.07) is 4.78. The molecule has 4 rings (SSSR count). The third-order valence-electron chi connectivity index (χ3n) is 5.41. The molecule has 0 spiro atoms. The van der Waals surface area contributed by atoms with Crippen LogP contribution in [0.4, 0.5) is 4.39 Å². The Morgan fingerprint density at radius 1 is 1.48 bits per heavy atom. The zero-order chi connectivity index (χ0) is 18.8. The van der Waals surface area contributed by atoms with Crippen LogP contribution in [0.15, 0.2) is 30.5 Å². The molecule has 0 saturated carbocycles. The van der Waals surface area contributed by atoms with Gasteiger partial charge in [-0.2, -0.15) is 0 Å². The molecule has 1 aromatic carbocycles. The van der Waals surface area contributed by atoms with Crippen LogP contribution in [-0.4, -0.2) is 54.3 Å². The quantitative estimate of drug-likeness (QED) is 0.874. The van der Waals surface area contributed by atoms with E-state index >= 15 is 0 Å². The standard InChI is InChI=1S/C21H25FN2O3/c1-14(27-13-17-3-2-10-26-17)21(25)24-8-6-15(7-9-24)19-12-23-20-11-16(22)4-5-18(19)20/h4-6,11-12,14,17,23H,2-3,7-10,13H2,1H3/t14-,17-/m1/s1. The summed E-state index contributed by atoms with van der Waals surface area (Å²) < 4.78 is 24.6. The van der Waals surface area contributed by atoms with Gasteiger partial charge in [0.05, 0.1) is 12.7 Å². The van der Waals surface area contributed by atoms with E-state index in [2.05, 4.69) is 11.1 Å². The van der Waals surface area contributed by atoms with E-state index in [9.17, 15) is 9.18 Å². The number of hydrogen-bond acceptors (Lipinski definition) is 3. The van der Waals surface area contributed by atoms with Crippen molar-refractivity contribution in [2.24, 2.45) is 0 Å². The van der Waals surface area contributed by atoms with E-state index in [1.165, 1.54) is 17.7 Å². The molecule has 1 amide bonds. The van der Waals surface area contributed by atoms with E-state index in [0.717, 1.165) is 42.3 Å². The molecule has 6 heteroatoms. The van der Waals surface area contributed by atoms with Crippen molar-refractivity contribution < 1.29 is 18.7 Å². The van der Waals surface area contributed by atoms with Crippen molar-refractivity contribution in [2.45, 2.75) is 38.4 Å². The number of nitrogens with zero attached hydrogens (tertiary/aromatic N) is 1. The third-order valence-corrected chi connectivity index (χ3v) is 5.41. The second kappa shape index (κ2) is 7.82. The van der Waals surface area contributed by atoms with Crippen molar-refractivity contribution >= 4 is 22.4 Å². The average Bonchev–Trinajstić information content (AvgIpc) is 3.35. The predicted octanol–water partition coefficient (Wildman–Crippen LogP) is 3.51. The second-order valence-electron chi connectivity index (χ2n) is 7.27. The van der Waals surface area contributed by atoms with Gasteiger partial charge in [0.1, 0.15) is 11.9 Å². The Labute approximate surface area is 158 Å². The fraction of sp³-hybridized carbons (Fsp3) is 0.476. The summed E-state index contributed by atoms with van der Waals surface area (Å²) in [7, 11) is 0. The molecule has 2 atom stereocenters. The first-order valence-electron chi connectivity index (χ1n) is 9.60. The Bertz CT molecular complexity index is 854. The van der Waals surface area contributed by atoms with Crippen LogP contribution >= 0.6 is 0 Å². The number of nitrogens with one attached hydrogen (secondary N) is 1. The maximum absolute atomic E-state index is 13.4. The molecule has 144 valence electrons. The van der Waals surface area contributed by atoms with Crippen LogP contribution in [0.1, 0.15) is 31.7 Å².